The van der Waals surface area contributed by atoms with E-state index >= 15 is 0 Å². The zero-order valence-corrected chi connectivity index (χ0v) is 12.4. The van der Waals surface area contributed by atoms with Gasteiger partial charge in [0.1, 0.15) is 0 Å². The Balaban J connectivity index is 1.72. The zero-order chi connectivity index (χ0) is 14.7. The Morgan fingerprint density at radius 1 is 0.905 bits per heavy atom. The minimum absolute atomic E-state index is 0.277. The van der Waals surface area contributed by atoms with Crippen LogP contribution >= 0.6 is 11.6 Å². The molecule has 0 aliphatic carbocycles. The molecule has 0 bridgehead atoms. The van der Waals surface area contributed by atoms with E-state index < -0.39 is 0 Å². The van der Waals surface area contributed by atoms with Crippen LogP contribution < -0.4 is 0 Å². The SMILES string of the molecule is C=C[C@H]1CO[C@H](c2ccc(-c3ccc(Cl)cc3)cc2)OC1. The lowest BCUT2D eigenvalue weighted by Crippen LogP contribution is -2.25. The Labute approximate surface area is 130 Å². The van der Waals surface area contributed by atoms with Crippen LogP contribution in [0.1, 0.15) is 11.9 Å². The zero-order valence-electron chi connectivity index (χ0n) is 11.7. The smallest absolute Gasteiger partial charge is 0.183 e. The number of benzene rings is 2. The van der Waals surface area contributed by atoms with Gasteiger partial charge in [0.2, 0.25) is 0 Å². The van der Waals surface area contributed by atoms with E-state index in [1.165, 1.54) is 0 Å². The van der Waals surface area contributed by atoms with Crippen LogP contribution in [0.3, 0.4) is 0 Å². The Hall–Kier alpha value is -1.61. The predicted octanol–water partition coefficient (Wildman–Crippen LogP) is 4.85. The Kier molecular flexibility index (Phi) is 4.39. The van der Waals surface area contributed by atoms with E-state index in [1.54, 1.807) is 0 Å². The van der Waals surface area contributed by atoms with E-state index in [-0.39, 0.29) is 12.2 Å². The minimum atomic E-state index is -0.277. The van der Waals surface area contributed by atoms with Crippen LogP contribution in [0, 0.1) is 5.92 Å². The summed E-state index contributed by atoms with van der Waals surface area (Å²) < 4.78 is 11.4. The first-order valence-corrected chi connectivity index (χ1v) is 7.36. The molecule has 0 aromatic heterocycles. The second kappa shape index (κ2) is 6.44. The molecular weight excluding hydrogens is 284 g/mol. The minimum Gasteiger partial charge on any atom is -0.348 e. The first kappa shape index (κ1) is 14.3. The second-order valence-electron chi connectivity index (χ2n) is 5.12. The fourth-order valence-electron chi connectivity index (χ4n) is 2.32. The van der Waals surface area contributed by atoms with Gasteiger partial charge in [0.25, 0.3) is 0 Å². The van der Waals surface area contributed by atoms with Crippen LogP contribution in [0.5, 0.6) is 0 Å². The molecular formula is C18H17ClO2. The van der Waals surface area contributed by atoms with Gasteiger partial charge in [0, 0.05) is 16.5 Å². The average Bonchev–Trinajstić information content (AvgIpc) is 2.56. The number of halogens is 1. The van der Waals surface area contributed by atoms with Gasteiger partial charge in [0.15, 0.2) is 6.29 Å². The van der Waals surface area contributed by atoms with Gasteiger partial charge in [-0.3, -0.25) is 0 Å². The van der Waals surface area contributed by atoms with Gasteiger partial charge in [-0.1, -0.05) is 54.1 Å². The molecule has 0 amide bonds. The molecule has 108 valence electrons. The van der Waals surface area contributed by atoms with Crippen molar-refractivity contribution in [2.45, 2.75) is 6.29 Å². The summed E-state index contributed by atoms with van der Waals surface area (Å²) in [5.74, 6) is 0.287. The lowest BCUT2D eigenvalue weighted by molar-refractivity contribution is -0.197. The molecule has 0 atom stereocenters. The second-order valence-corrected chi connectivity index (χ2v) is 5.56. The fourth-order valence-corrected chi connectivity index (χ4v) is 2.45. The molecule has 0 saturated carbocycles. The van der Waals surface area contributed by atoms with Gasteiger partial charge < -0.3 is 9.47 Å². The summed E-state index contributed by atoms with van der Waals surface area (Å²) in [6, 6.07) is 16.1. The standard InChI is InChI=1S/C18H17ClO2/c1-2-13-11-20-18(21-12-13)16-5-3-14(4-6-16)15-7-9-17(19)10-8-15/h2-10,13,18H,1,11-12H2/t13-,18-. The molecule has 1 saturated heterocycles. The normalized spacial score (nSPS) is 22.0. The van der Waals surface area contributed by atoms with Gasteiger partial charge in [0.05, 0.1) is 13.2 Å². The van der Waals surface area contributed by atoms with E-state index in [9.17, 15) is 0 Å². The van der Waals surface area contributed by atoms with Crippen LogP contribution in [0.15, 0.2) is 61.2 Å². The molecule has 2 aromatic rings. The molecule has 1 aliphatic heterocycles. The summed E-state index contributed by atoms with van der Waals surface area (Å²) >= 11 is 5.91. The highest BCUT2D eigenvalue weighted by Crippen LogP contribution is 2.28. The number of ether oxygens (including phenoxy) is 2. The van der Waals surface area contributed by atoms with Crippen molar-refractivity contribution < 1.29 is 9.47 Å². The lowest BCUT2D eigenvalue weighted by atomic mass is 10.0. The number of hydrogen-bond acceptors (Lipinski definition) is 2. The van der Waals surface area contributed by atoms with Crippen LogP contribution in [-0.4, -0.2) is 13.2 Å². The largest absolute Gasteiger partial charge is 0.348 e. The topological polar surface area (TPSA) is 18.5 Å². The van der Waals surface area contributed by atoms with E-state index in [0.29, 0.717) is 13.2 Å². The van der Waals surface area contributed by atoms with Gasteiger partial charge in [-0.2, -0.15) is 0 Å². The Morgan fingerprint density at radius 2 is 1.43 bits per heavy atom. The maximum Gasteiger partial charge on any atom is 0.183 e. The van der Waals surface area contributed by atoms with E-state index in [0.717, 1.165) is 21.7 Å². The molecule has 3 rings (SSSR count). The summed E-state index contributed by atoms with van der Waals surface area (Å²) in [7, 11) is 0. The van der Waals surface area contributed by atoms with E-state index in [4.69, 9.17) is 21.1 Å². The highest BCUT2D eigenvalue weighted by Gasteiger charge is 2.21. The van der Waals surface area contributed by atoms with Crippen molar-refractivity contribution in [3.05, 3.63) is 71.8 Å². The van der Waals surface area contributed by atoms with Gasteiger partial charge in [-0.15, -0.1) is 6.58 Å². The van der Waals surface area contributed by atoms with Gasteiger partial charge in [-0.25, -0.2) is 0 Å². The van der Waals surface area contributed by atoms with Crippen molar-refractivity contribution in [3.8, 4) is 11.1 Å². The van der Waals surface area contributed by atoms with Crippen molar-refractivity contribution in [3.63, 3.8) is 0 Å². The molecule has 0 spiro atoms. The molecule has 1 heterocycles. The van der Waals surface area contributed by atoms with Crippen LogP contribution in [-0.2, 0) is 9.47 Å². The summed E-state index contributed by atoms with van der Waals surface area (Å²) in [6.45, 7) is 5.08. The number of rotatable bonds is 3. The van der Waals surface area contributed by atoms with Crippen molar-refractivity contribution >= 4 is 11.6 Å². The molecule has 2 nitrogen and oxygen atoms in total. The van der Waals surface area contributed by atoms with Crippen molar-refractivity contribution in [1.29, 1.82) is 0 Å². The molecule has 21 heavy (non-hydrogen) atoms. The monoisotopic (exact) mass is 300 g/mol. The van der Waals surface area contributed by atoms with Crippen LogP contribution in [0.25, 0.3) is 11.1 Å². The van der Waals surface area contributed by atoms with Crippen LogP contribution in [0.2, 0.25) is 5.02 Å². The summed E-state index contributed by atoms with van der Waals surface area (Å²) in [5.41, 5.74) is 3.33. The first-order chi connectivity index (χ1) is 10.3. The third-order valence-electron chi connectivity index (χ3n) is 3.62. The molecule has 0 N–H and O–H groups in total. The summed E-state index contributed by atoms with van der Waals surface area (Å²) in [4.78, 5) is 0. The third-order valence-corrected chi connectivity index (χ3v) is 3.87. The number of hydrogen-bond donors (Lipinski definition) is 0. The Bertz CT molecular complexity index is 596. The summed E-state index contributed by atoms with van der Waals surface area (Å²) in [5, 5.41) is 0.746. The van der Waals surface area contributed by atoms with E-state index in [2.05, 4.69) is 18.7 Å². The predicted molar refractivity (Wildman–Crippen MR) is 85.2 cm³/mol. The maximum atomic E-state index is 5.91. The molecule has 1 fully saturated rings. The highest BCUT2D eigenvalue weighted by atomic mass is 35.5. The van der Waals surface area contributed by atoms with Crippen molar-refractivity contribution in [1.82, 2.24) is 0 Å². The summed E-state index contributed by atoms with van der Waals surface area (Å²) in [6.07, 6.45) is 1.60. The Morgan fingerprint density at radius 3 is 1.95 bits per heavy atom. The molecule has 2 aromatic carbocycles. The fraction of sp³-hybridized carbons (Fsp3) is 0.222. The van der Waals surface area contributed by atoms with Crippen LogP contribution in [0.4, 0.5) is 0 Å². The molecule has 1 aliphatic rings. The highest BCUT2D eigenvalue weighted by molar-refractivity contribution is 6.30. The van der Waals surface area contributed by atoms with Crippen molar-refractivity contribution in [2.24, 2.45) is 5.92 Å². The van der Waals surface area contributed by atoms with Gasteiger partial charge in [-0.05, 0) is 23.3 Å². The molecule has 0 unspecified atom stereocenters. The van der Waals surface area contributed by atoms with Crippen molar-refractivity contribution in [2.75, 3.05) is 13.2 Å². The maximum absolute atomic E-state index is 5.91. The lowest BCUT2D eigenvalue weighted by Gasteiger charge is -2.28. The molecule has 3 heteroatoms. The first-order valence-electron chi connectivity index (χ1n) is 6.98. The van der Waals surface area contributed by atoms with Gasteiger partial charge >= 0.3 is 0 Å². The molecule has 0 radical (unpaired) electrons. The third kappa shape index (κ3) is 3.35. The van der Waals surface area contributed by atoms with E-state index in [1.807, 2.05) is 42.5 Å². The quantitative estimate of drug-likeness (QED) is 0.754. The average molecular weight is 301 g/mol.